The number of carbonyl (C=O) groups excluding carboxylic acids is 1. The fourth-order valence-corrected chi connectivity index (χ4v) is 4.51. The molecule has 4 aromatic carbocycles. The predicted octanol–water partition coefficient (Wildman–Crippen LogP) is 7.97. The summed E-state index contributed by atoms with van der Waals surface area (Å²) in [7, 11) is 0. The second-order valence-electron chi connectivity index (χ2n) is 9.28. The first-order valence-corrected chi connectivity index (χ1v) is 13.2. The van der Waals surface area contributed by atoms with Gasteiger partial charge < -0.3 is 9.26 Å². The van der Waals surface area contributed by atoms with Gasteiger partial charge >= 0.3 is 0 Å². The van der Waals surface area contributed by atoms with E-state index in [0.717, 1.165) is 33.2 Å². The molecule has 2 aromatic heterocycles. The Labute approximate surface area is 236 Å². The maximum Gasteiger partial charge on any atom is 0.281 e. The van der Waals surface area contributed by atoms with Crippen molar-refractivity contribution in [3.63, 3.8) is 0 Å². The standard InChI is InChI=1S/C33H24ClN3O3/c34-28-14-8-24(9-15-28)22-39-29-16-10-23(11-17-29)21-37(32-7-3-4-18-35-32)33(38)30-20-31(40-36-30)27-13-12-25-5-1-2-6-26(25)19-27/h1-20H,21-22H2. The van der Waals surface area contributed by atoms with E-state index < -0.39 is 0 Å². The molecule has 6 rings (SSSR count). The van der Waals surface area contributed by atoms with Crippen LogP contribution in [0.2, 0.25) is 5.02 Å². The number of nitrogens with zero attached hydrogens (tertiary/aromatic N) is 3. The Morgan fingerprint density at radius 3 is 2.33 bits per heavy atom. The van der Waals surface area contributed by atoms with E-state index in [1.54, 1.807) is 23.2 Å². The molecule has 0 bridgehead atoms. The van der Waals surface area contributed by atoms with Crippen molar-refractivity contribution < 1.29 is 14.1 Å². The van der Waals surface area contributed by atoms with Gasteiger partial charge in [0.25, 0.3) is 5.91 Å². The lowest BCUT2D eigenvalue weighted by Gasteiger charge is -2.21. The van der Waals surface area contributed by atoms with E-state index in [9.17, 15) is 4.79 Å². The van der Waals surface area contributed by atoms with Crippen molar-refractivity contribution in [1.82, 2.24) is 10.1 Å². The molecule has 0 saturated heterocycles. The van der Waals surface area contributed by atoms with Crippen LogP contribution in [-0.2, 0) is 13.2 Å². The van der Waals surface area contributed by atoms with Crippen LogP contribution in [0.3, 0.4) is 0 Å². The zero-order valence-electron chi connectivity index (χ0n) is 21.4. The molecule has 196 valence electrons. The van der Waals surface area contributed by atoms with Crippen molar-refractivity contribution in [1.29, 1.82) is 0 Å². The molecule has 0 unspecified atom stereocenters. The summed E-state index contributed by atoms with van der Waals surface area (Å²) in [5.74, 6) is 1.46. The van der Waals surface area contributed by atoms with Gasteiger partial charge in [0.1, 0.15) is 18.2 Å². The Kier molecular flexibility index (Phi) is 7.24. The van der Waals surface area contributed by atoms with Crippen LogP contribution in [0.5, 0.6) is 5.75 Å². The predicted molar refractivity (Wildman–Crippen MR) is 156 cm³/mol. The van der Waals surface area contributed by atoms with Crippen molar-refractivity contribution in [2.24, 2.45) is 0 Å². The maximum absolute atomic E-state index is 13.7. The van der Waals surface area contributed by atoms with Gasteiger partial charge in [-0.15, -0.1) is 0 Å². The number of benzene rings is 4. The average Bonchev–Trinajstić information content (AvgIpc) is 3.51. The van der Waals surface area contributed by atoms with Gasteiger partial charge in [-0.1, -0.05) is 83.5 Å². The largest absolute Gasteiger partial charge is 0.489 e. The van der Waals surface area contributed by atoms with Crippen LogP contribution in [-0.4, -0.2) is 16.0 Å². The van der Waals surface area contributed by atoms with Crippen molar-refractivity contribution >= 4 is 34.1 Å². The lowest BCUT2D eigenvalue weighted by molar-refractivity contribution is 0.0975. The molecule has 0 spiro atoms. The maximum atomic E-state index is 13.7. The molecule has 6 aromatic rings. The number of halogens is 1. The molecule has 0 radical (unpaired) electrons. The molecule has 0 N–H and O–H groups in total. The lowest BCUT2D eigenvalue weighted by atomic mass is 10.1. The molecule has 6 nitrogen and oxygen atoms in total. The summed E-state index contributed by atoms with van der Waals surface area (Å²) in [5.41, 5.74) is 2.99. The van der Waals surface area contributed by atoms with Crippen LogP contribution >= 0.6 is 11.6 Å². The van der Waals surface area contributed by atoms with Crippen molar-refractivity contribution in [2.75, 3.05) is 4.90 Å². The highest BCUT2D eigenvalue weighted by molar-refractivity contribution is 6.30. The molecule has 0 fully saturated rings. The smallest absolute Gasteiger partial charge is 0.281 e. The summed E-state index contributed by atoms with van der Waals surface area (Å²) in [6.45, 7) is 0.728. The number of ether oxygens (including phenoxy) is 1. The summed E-state index contributed by atoms with van der Waals surface area (Å²) in [4.78, 5) is 19.7. The highest BCUT2D eigenvalue weighted by Crippen LogP contribution is 2.27. The van der Waals surface area contributed by atoms with Crippen LogP contribution in [0.1, 0.15) is 21.6 Å². The van der Waals surface area contributed by atoms with Gasteiger partial charge in [-0.3, -0.25) is 9.69 Å². The van der Waals surface area contributed by atoms with E-state index in [2.05, 4.69) is 16.2 Å². The first-order valence-electron chi connectivity index (χ1n) is 12.8. The van der Waals surface area contributed by atoms with E-state index in [4.69, 9.17) is 20.9 Å². The Hall–Kier alpha value is -4.94. The van der Waals surface area contributed by atoms with Gasteiger partial charge in [-0.05, 0) is 64.4 Å². The quantitative estimate of drug-likeness (QED) is 0.194. The number of carbonyl (C=O) groups is 1. The molecular weight excluding hydrogens is 522 g/mol. The van der Waals surface area contributed by atoms with E-state index in [1.165, 1.54) is 0 Å². The monoisotopic (exact) mass is 545 g/mol. The number of pyridine rings is 1. The van der Waals surface area contributed by atoms with Gasteiger partial charge in [0.2, 0.25) is 0 Å². The molecule has 0 aliphatic heterocycles. The Bertz CT molecular complexity index is 1750. The average molecular weight is 546 g/mol. The second-order valence-corrected chi connectivity index (χ2v) is 9.71. The van der Waals surface area contributed by atoms with Crippen molar-refractivity contribution in [3.8, 4) is 17.1 Å². The highest BCUT2D eigenvalue weighted by Gasteiger charge is 2.23. The van der Waals surface area contributed by atoms with Crippen molar-refractivity contribution in [3.05, 3.63) is 143 Å². The van der Waals surface area contributed by atoms with E-state index in [-0.39, 0.29) is 11.6 Å². The molecule has 0 aliphatic rings. The molecule has 7 heteroatoms. The number of amides is 1. The minimum Gasteiger partial charge on any atom is -0.489 e. The van der Waals surface area contributed by atoms with Crippen LogP contribution in [0.25, 0.3) is 22.1 Å². The Morgan fingerprint density at radius 2 is 1.55 bits per heavy atom. The molecular formula is C33H24ClN3O3. The minimum absolute atomic E-state index is 0.205. The van der Waals surface area contributed by atoms with Gasteiger partial charge in [0.05, 0.1) is 6.54 Å². The number of hydrogen-bond acceptors (Lipinski definition) is 5. The zero-order chi connectivity index (χ0) is 27.3. The van der Waals surface area contributed by atoms with Gasteiger partial charge in [0.15, 0.2) is 11.5 Å². The molecule has 0 aliphatic carbocycles. The summed E-state index contributed by atoms with van der Waals surface area (Å²) in [6, 6.07) is 36.4. The van der Waals surface area contributed by atoms with E-state index in [0.29, 0.717) is 29.8 Å². The number of hydrogen-bond donors (Lipinski definition) is 0. The summed E-state index contributed by atoms with van der Waals surface area (Å²) in [5, 5.41) is 7.01. The third-order valence-electron chi connectivity index (χ3n) is 6.52. The minimum atomic E-state index is -0.308. The van der Waals surface area contributed by atoms with Gasteiger partial charge in [-0.25, -0.2) is 4.98 Å². The summed E-state index contributed by atoms with van der Waals surface area (Å²) in [6.07, 6.45) is 1.66. The van der Waals surface area contributed by atoms with Gasteiger partial charge in [0, 0.05) is 22.8 Å². The number of fused-ring (bicyclic) bond motifs is 1. The first-order chi connectivity index (χ1) is 19.6. The molecule has 1 amide bonds. The first kappa shape index (κ1) is 25.3. The zero-order valence-corrected chi connectivity index (χ0v) is 22.2. The van der Waals surface area contributed by atoms with E-state index >= 15 is 0 Å². The number of rotatable bonds is 8. The van der Waals surface area contributed by atoms with Crippen LogP contribution in [0, 0.1) is 0 Å². The highest BCUT2D eigenvalue weighted by atomic mass is 35.5. The number of aromatic nitrogens is 2. The third-order valence-corrected chi connectivity index (χ3v) is 6.77. The molecule has 40 heavy (non-hydrogen) atoms. The SMILES string of the molecule is O=C(c1cc(-c2ccc3ccccc3c2)on1)N(Cc1ccc(OCc2ccc(Cl)cc2)cc1)c1ccccn1. The topological polar surface area (TPSA) is 68.5 Å². The summed E-state index contributed by atoms with van der Waals surface area (Å²) < 4.78 is 11.5. The van der Waals surface area contributed by atoms with E-state index in [1.807, 2.05) is 97.1 Å². The van der Waals surface area contributed by atoms with Crippen LogP contribution in [0.4, 0.5) is 5.82 Å². The van der Waals surface area contributed by atoms with Crippen molar-refractivity contribution in [2.45, 2.75) is 13.2 Å². The fourth-order valence-electron chi connectivity index (χ4n) is 4.38. The van der Waals surface area contributed by atoms with Gasteiger partial charge in [-0.2, -0.15) is 0 Å². The normalized spacial score (nSPS) is 10.9. The summed E-state index contributed by atoms with van der Waals surface area (Å²) >= 11 is 5.96. The Morgan fingerprint density at radius 1 is 0.800 bits per heavy atom. The molecule has 0 atom stereocenters. The number of anilines is 1. The molecule has 0 saturated carbocycles. The lowest BCUT2D eigenvalue weighted by Crippen LogP contribution is -2.31. The Balaban J connectivity index is 1.20. The van der Waals surface area contributed by atoms with Crippen LogP contribution in [0.15, 0.2) is 126 Å². The fraction of sp³-hybridized carbons (Fsp3) is 0.0606. The second kappa shape index (κ2) is 11.4. The van der Waals surface area contributed by atoms with Crippen LogP contribution < -0.4 is 9.64 Å². The molecule has 2 heterocycles. The third kappa shape index (κ3) is 5.72.